The average Bonchev–Trinajstić information content (AvgIpc) is 2.25. The minimum absolute atomic E-state index is 0.0333. The second-order valence-electron chi connectivity index (χ2n) is 2.57. The fourth-order valence-electron chi connectivity index (χ4n) is 0.684. The highest BCUT2D eigenvalue weighted by molar-refractivity contribution is 5.92. The number of nitriles is 1. The number of esters is 2. The van der Waals surface area contributed by atoms with Crippen LogP contribution in [-0.2, 0) is 23.8 Å². The van der Waals surface area contributed by atoms with Gasteiger partial charge in [0.2, 0.25) is 0 Å². The summed E-state index contributed by atoms with van der Waals surface area (Å²) in [7, 11) is 0. The molecule has 0 N–H and O–H groups in total. The molecule has 0 rings (SSSR count). The molecule has 0 bridgehead atoms. The first kappa shape index (κ1) is 14.0. The monoisotopic (exact) mass is 227 g/mol. The summed E-state index contributed by atoms with van der Waals surface area (Å²) in [6.07, 6.45) is 1.04. The molecule has 0 radical (unpaired) electrons. The Hall–Kier alpha value is -2.03. The van der Waals surface area contributed by atoms with Crippen molar-refractivity contribution in [1.29, 1.82) is 5.26 Å². The molecule has 0 aliphatic carbocycles. The molecule has 0 aliphatic rings. The van der Waals surface area contributed by atoms with Gasteiger partial charge in [0.05, 0.1) is 6.61 Å². The molecule has 0 saturated carbocycles. The van der Waals surface area contributed by atoms with Crippen LogP contribution in [0, 0.1) is 11.3 Å². The van der Waals surface area contributed by atoms with Gasteiger partial charge in [-0.1, -0.05) is 0 Å². The number of nitrogens with zero attached hydrogens (tertiary/aromatic N) is 1. The first-order valence-electron chi connectivity index (χ1n) is 4.64. The van der Waals surface area contributed by atoms with Gasteiger partial charge in [-0.25, -0.2) is 4.79 Å². The number of ether oxygens (including phenoxy) is 3. The topological polar surface area (TPSA) is 85.6 Å². The molecule has 0 aromatic carbocycles. The zero-order valence-corrected chi connectivity index (χ0v) is 9.19. The summed E-state index contributed by atoms with van der Waals surface area (Å²) in [6.45, 7) is 3.19. The fourth-order valence-corrected chi connectivity index (χ4v) is 0.684. The summed E-state index contributed by atoms with van der Waals surface area (Å²) in [5.41, 5.74) is -0.232. The molecule has 0 aliphatic heterocycles. The molecule has 0 saturated heterocycles. The standard InChI is InChI=1S/C10H13NO5/c1-3-14-7-9(6-11)10(13)16-5-4-15-8(2)12/h7H,3-5H2,1-2H3. The maximum atomic E-state index is 11.2. The van der Waals surface area contributed by atoms with Crippen LogP contribution in [0.15, 0.2) is 11.8 Å². The molecule has 0 aromatic rings. The zero-order valence-electron chi connectivity index (χ0n) is 9.19. The number of rotatable bonds is 6. The number of carbonyl (C=O) groups is 2. The molecule has 0 aromatic heterocycles. The van der Waals surface area contributed by atoms with E-state index < -0.39 is 11.9 Å². The highest BCUT2D eigenvalue weighted by Crippen LogP contribution is 1.97. The molecular weight excluding hydrogens is 214 g/mol. The van der Waals surface area contributed by atoms with Gasteiger partial charge in [0.25, 0.3) is 0 Å². The minimum Gasteiger partial charge on any atom is -0.500 e. The first-order valence-corrected chi connectivity index (χ1v) is 4.64. The molecule has 0 amide bonds. The van der Waals surface area contributed by atoms with Crippen molar-refractivity contribution in [3.8, 4) is 6.07 Å². The maximum absolute atomic E-state index is 11.2. The second kappa shape index (κ2) is 8.29. The van der Waals surface area contributed by atoms with Gasteiger partial charge < -0.3 is 14.2 Å². The van der Waals surface area contributed by atoms with Gasteiger partial charge in [0, 0.05) is 6.92 Å². The highest BCUT2D eigenvalue weighted by atomic mass is 16.6. The molecule has 0 fully saturated rings. The van der Waals surface area contributed by atoms with E-state index in [2.05, 4.69) is 9.47 Å². The molecule has 0 heterocycles. The summed E-state index contributed by atoms with van der Waals surface area (Å²) in [4.78, 5) is 21.6. The molecule has 88 valence electrons. The largest absolute Gasteiger partial charge is 0.500 e. The predicted octanol–water partition coefficient (Wildman–Crippen LogP) is 0.537. The predicted molar refractivity (Wildman–Crippen MR) is 52.9 cm³/mol. The van der Waals surface area contributed by atoms with E-state index in [1.54, 1.807) is 13.0 Å². The first-order chi connectivity index (χ1) is 7.61. The Morgan fingerprint density at radius 3 is 2.44 bits per heavy atom. The molecule has 16 heavy (non-hydrogen) atoms. The lowest BCUT2D eigenvalue weighted by atomic mass is 10.3. The fraction of sp³-hybridized carbons (Fsp3) is 0.500. The van der Waals surface area contributed by atoms with E-state index >= 15 is 0 Å². The van der Waals surface area contributed by atoms with Crippen molar-refractivity contribution in [1.82, 2.24) is 0 Å². The van der Waals surface area contributed by atoms with Gasteiger partial charge >= 0.3 is 11.9 Å². The molecular formula is C10H13NO5. The summed E-state index contributed by atoms with van der Waals surface area (Å²) in [5, 5.41) is 8.58. The minimum atomic E-state index is -0.803. The van der Waals surface area contributed by atoms with Gasteiger partial charge in [-0.2, -0.15) is 5.26 Å². The van der Waals surface area contributed by atoms with E-state index in [9.17, 15) is 9.59 Å². The van der Waals surface area contributed by atoms with Gasteiger partial charge in [0.1, 0.15) is 25.5 Å². The van der Waals surface area contributed by atoms with E-state index in [-0.39, 0.29) is 18.8 Å². The molecule has 6 nitrogen and oxygen atoms in total. The average molecular weight is 227 g/mol. The lowest BCUT2D eigenvalue weighted by Gasteiger charge is -2.03. The Labute approximate surface area is 93.4 Å². The van der Waals surface area contributed by atoms with Crippen molar-refractivity contribution in [2.75, 3.05) is 19.8 Å². The van der Waals surface area contributed by atoms with Gasteiger partial charge in [-0.3, -0.25) is 4.79 Å². The summed E-state index contributed by atoms with van der Waals surface area (Å²) < 4.78 is 14.0. The van der Waals surface area contributed by atoms with Gasteiger partial charge in [0.15, 0.2) is 5.57 Å². The van der Waals surface area contributed by atoms with E-state index in [0.717, 1.165) is 6.26 Å². The number of hydrogen-bond donors (Lipinski definition) is 0. The Bertz CT molecular complexity index is 316. The SMILES string of the molecule is CCOC=C(C#N)C(=O)OCCOC(C)=O. The second-order valence-corrected chi connectivity index (χ2v) is 2.57. The lowest BCUT2D eigenvalue weighted by molar-refractivity contribution is -0.148. The third-order valence-corrected chi connectivity index (χ3v) is 1.33. The maximum Gasteiger partial charge on any atom is 0.352 e. The van der Waals surface area contributed by atoms with Crippen LogP contribution < -0.4 is 0 Å². The Kier molecular flexibility index (Phi) is 7.24. The van der Waals surface area contributed by atoms with Gasteiger partial charge in [-0.15, -0.1) is 0 Å². The van der Waals surface area contributed by atoms with Crippen molar-refractivity contribution >= 4 is 11.9 Å². The van der Waals surface area contributed by atoms with Crippen molar-refractivity contribution in [2.45, 2.75) is 13.8 Å². The quantitative estimate of drug-likeness (QED) is 0.216. The van der Waals surface area contributed by atoms with Crippen LogP contribution in [0.25, 0.3) is 0 Å². The van der Waals surface area contributed by atoms with Gasteiger partial charge in [-0.05, 0) is 6.92 Å². The Balaban J connectivity index is 3.95. The molecule has 0 unspecified atom stereocenters. The van der Waals surface area contributed by atoms with Crippen LogP contribution in [-0.4, -0.2) is 31.8 Å². The zero-order chi connectivity index (χ0) is 12.4. The van der Waals surface area contributed by atoms with Crippen LogP contribution in [0.2, 0.25) is 0 Å². The van der Waals surface area contributed by atoms with E-state index in [1.807, 2.05) is 0 Å². The third kappa shape index (κ3) is 6.43. The summed E-state index contributed by atoms with van der Waals surface area (Å²) in [5.74, 6) is -1.26. The summed E-state index contributed by atoms with van der Waals surface area (Å²) in [6, 6.07) is 1.64. The van der Waals surface area contributed by atoms with Crippen molar-refractivity contribution in [2.24, 2.45) is 0 Å². The van der Waals surface area contributed by atoms with Crippen molar-refractivity contribution < 1.29 is 23.8 Å². The Morgan fingerprint density at radius 1 is 1.31 bits per heavy atom. The third-order valence-electron chi connectivity index (χ3n) is 1.33. The van der Waals surface area contributed by atoms with E-state index in [4.69, 9.17) is 10.00 Å². The van der Waals surface area contributed by atoms with Crippen LogP contribution >= 0.6 is 0 Å². The Morgan fingerprint density at radius 2 is 1.94 bits per heavy atom. The van der Waals surface area contributed by atoms with E-state index in [1.165, 1.54) is 6.92 Å². The van der Waals surface area contributed by atoms with Crippen LogP contribution in [0.4, 0.5) is 0 Å². The molecule has 6 heteroatoms. The van der Waals surface area contributed by atoms with Crippen molar-refractivity contribution in [3.63, 3.8) is 0 Å². The van der Waals surface area contributed by atoms with Crippen LogP contribution in [0.5, 0.6) is 0 Å². The highest BCUT2D eigenvalue weighted by Gasteiger charge is 2.10. The van der Waals surface area contributed by atoms with Crippen LogP contribution in [0.1, 0.15) is 13.8 Å². The smallest absolute Gasteiger partial charge is 0.352 e. The normalized spacial score (nSPS) is 10.2. The van der Waals surface area contributed by atoms with E-state index in [0.29, 0.717) is 6.61 Å². The molecule has 0 atom stereocenters. The number of carbonyl (C=O) groups excluding carboxylic acids is 2. The van der Waals surface area contributed by atoms with Crippen LogP contribution in [0.3, 0.4) is 0 Å². The summed E-state index contributed by atoms with van der Waals surface area (Å²) >= 11 is 0. The molecule has 0 spiro atoms. The van der Waals surface area contributed by atoms with Crippen molar-refractivity contribution in [3.05, 3.63) is 11.8 Å². The lowest BCUT2D eigenvalue weighted by Crippen LogP contribution is -2.13. The number of hydrogen-bond acceptors (Lipinski definition) is 6.